The molecule has 0 saturated carbocycles. The van der Waals surface area contributed by atoms with Gasteiger partial charge < -0.3 is 9.47 Å². The molecule has 4 nitrogen and oxygen atoms in total. The smallest absolute Gasteiger partial charge is 0.319 e. The Morgan fingerprint density at radius 1 is 0.833 bits per heavy atom. The quantitative estimate of drug-likeness (QED) is 0.346. The molecule has 2 atom stereocenters. The number of alkyl halides is 2. The Morgan fingerprint density at radius 3 is 1.44 bits per heavy atom. The molecule has 6 heteroatoms. The third-order valence-corrected chi connectivity index (χ3v) is 4.24. The molecule has 0 heterocycles. The van der Waals surface area contributed by atoms with Gasteiger partial charge in [0.25, 0.3) is 0 Å². The van der Waals surface area contributed by atoms with Crippen molar-refractivity contribution >= 4 is 43.8 Å². The summed E-state index contributed by atoms with van der Waals surface area (Å²) in [7, 11) is 2.78. The second kappa shape index (κ2) is 10.8. The SMILES string of the molecule is COC(=O)C(Br)CCCCCCC(Br)C(=O)OC. The Hall–Kier alpha value is -0.100. The molecule has 0 fully saturated rings. The van der Waals surface area contributed by atoms with Crippen molar-refractivity contribution in [2.75, 3.05) is 14.2 Å². The highest BCUT2D eigenvalue weighted by molar-refractivity contribution is 9.10. The molecule has 0 rings (SSSR count). The molecule has 0 aromatic heterocycles. The van der Waals surface area contributed by atoms with Gasteiger partial charge in [-0.15, -0.1) is 0 Å². The Morgan fingerprint density at radius 2 is 1.17 bits per heavy atom. The van der Waals surface area contributed by atoms with E-state index >= 15 is 0 Å². The fourth-order valence-corrected chi connectivity index (χ4v) is 2.51. The minimum atomic E-state index is -0.221. The monoisotopic (exact) mass is 386 g/mol. The standard InChI is InChI=1S/C12H20Br2O4/c1-17-11(15)9(13)7-5-3-4-6-8-10(14)12(16)18-2/h9-10H,3-8H2,1-2H3. The largest absolute Gasteiger partial charge is 0.468 e. The van der Waals surface area contributed by atoms with Crippen LogP contribution in [0.25, 0.3) is 0 Å². The van der Waals surface area contributed by atoms with Crippen molar-refractivity contribution in [3.05, 3.63) is 0 Å². The summed E-state index contributed by atoms with van der Waals surface area (Å²) >= 11 is 6.56. The van der Waals surface area contributed by atoms with Crippen molar-refractivity contribution in [1.82, 2.24) is 0 Å². The number of carbonyl (C=O) groups is 2. The lowest BCUT2D eigenvalue weighted by molar-refractivity contribution is -0.140. The van der Waals surface area contributed by atoms with Crippen LogP contribution in [0.3, 0.4) is 0 Å². The van der Waals surface area contributed by atoms with Gasteiger partial charge in [-0.1, -0.05) is 57.5 Å². The molecule has 106 valence electrons. The van der Waals surface area contributed by atoms with Crippen LogP contribution in [0.15, 0.2) is 0 Å². The first-order chi connectivity index (χ1) is 8.52. The predicted octanol–water partition coefficient (Wildman–Crippen LogP) is 3.20. The maximum atomic E-state index is 11.1. The molecule has 2 unspecified atom stereocenters. The van der Waals surface area contributed by atoms with Gasteiger partial charge >= 0.3 is 11.9 Å². The molecule has 0 saturated heterocycles. The van der Waals surface area contributed by atoms with Gasteiger partial charge in [-0.25, -0.2) is 0 Å². The minimum Gasteiger partial charge on any atom is -0.468 e. The van der Waals surface area contributed by atoms with Crippen LogP contribution in [0, 0.1) is 0 Å². The van der Waals surface area contributed by atoms with Crippen LogP contribution in [-0.2, 0) is 19.1 Å². The molecule has 0 aromatic carbocycles. The zero-order valence-corrected chi connectivity index (χ0v) is 14.0. The third kappa shape index (κ3) is 8.08. The number of unbranched alkanes of at least 4 members (excludes halogenated alkanes) is 3. The van der Waals surface area contributed by atoms with Crippen molar-refractivity contribution in [2.45, 2.75) is 48.2 Å². The predicted molar refractivity (Wildman–Crippen MR) is 77.2 cm³/mol. The molecule has 18 heavy (non-hydrogen) atoms. The minimum absolute atomic E-state index is 0.207. The van der Waals surface area contributed by atoms with Gasteiger partial charge in [-0.05, 0) is 12.8 Å². The maximum absolute atomic E-state index is 11.1. The van der Waals surface area contributed by atoms with Gasteiger partial charge in [0.1, 0.15) is 9.65 Å². The average Bonchev–Trinajstić information content (AvgIpc) is 2.39. The topological polar surface area (TPSA) is 52.6 Å². The van der Waals surface area contributed by atoms with Crippen LogP contribution in [0.5, 0.6) is 0 Å². The van der Waals surface area contributed by atoms with Crippen molar-refractivity contribution in [2.24, 2.45) is 0 Å². The molecule has 0 aliphatic carbocycles. The first kappa shape index (κ1) is 17.9. The summed E-state index contributed by atoms with van der Waals surface area (Å²) in [4.78, 5) is 21.8. The lowest BCUT2D eigenvalue weighted by Crippen LogP contribution is -2.15. The third-order valence-electron chi connectivity index (χ3n) is 2.58. The van der Waals surface area contributed by atoms with Gasteiger partial charge in [0.15, 0.2) is 0 Å². The zero-order chi connectivity index (χ0) is 14.0. The van der Waals surface area contributed by atoms with E-state index < -0.39 is 0 Å². The fraction of sp³-hybridized carbons (Fsp3) is 0.833. The highest BCUT2D eigenvalue weighted by Crippen LogP contribution is 2.16. The lowest BCUT2D eigenvalue weighted by atomic mass is 10.1. The van der Waals surface area contributed by atoms with E-state index in [9.17, 15) is 9.59 Å². The van der Waals surface area contributed by atoms with E-state index in [1.807, 2.05) is 0 Å². The Kier molecular flexibility index (Phi) is 10.7. The summed E-state index contributed by atoms with van der Waals surface area (Å²) in [5.41, 5.74) is 0. The van der Waals surface area contributed by atoms with Gasteiger partial charge in [-0.2, -0.15) is 0 Å². The fourth-order valence-electron chi connectivity index (χ4n) is 1.49. The number of hydrogen-bond donors (Lipinski definition) is 0. The number of hydrogen-bond acceptors (Lipinski definition) is 4. The first-order valence-electron chi connectivity index (χ1n) is 5.96. The zero-order valence-electron chi connectivity index (χ0n) is 10.8. The van der Waals surface area contributed by atoms with E-state index in [0.29, 0.717) is 0 Å². The molecular formula is C12H20Br2O4. The molecular weight excluding hydrogens is 368 g/mol. The van der Waals surface area contributed by atoms with Crippen LogP contribution < -0.4 is 0 Å². The lowest BCUT2D eigenvalue weighted by Gasteiger charge is -2.08. The normalized spacial score (nSPS) is 13.8. The van der Waals surface area contributed by atoms with E-state index in [0.717, 1.165) is 38.5 Å². The Balaban J connectivity index is 3.46. The van der Waals surface area contributed by atoms with Crippen LogP contribution in [-0.4, -0.2) is 35.8 Å². The van der Waals surface area contributed by atoms with Crippen LogP contribution in [0.4, 0.5) is 0 Å². The summed E-state index contributed by atoms with van der Waals surface area (Å²) in [5.74, 6) is -0.442. The van der Waals surface area contributed by atoms with E-state index in [4.69, 9.17) is 0 Å². The molecule has 0 bridgehead atoms. The van der Waals surface area contributed by atoms with Crippen LogP contribution >= 0.6 is 31.9 Å². The van der Waals surface area contributed by atoms with E-state index in [1.165, 1.54) is 14.2 Å². The molecule has 0 aromatic rings. The van der Waals surface area contributed by atoms with Crippen molar-refractivity contribution in [3.8, 4) is 0 Å². The highest BCUT2D eigenvalue weighted by atomic mass is 79.9. The number of halogens is 2. The average molecular weight is 388 g/mol. The summed E-state index contributed by atoms with van der Waals surface area (Å²) < 4.78 is 9.23. The number of carbonyl (C=O) groups excluding carboxylic acids is 2. The summed E-state index contributed by atoms with van der Waals surface area (Å²) in [6, 6.07) is 0. The van der Waals surface area contributed by atoms with E-state index in [-0.39, 0.29) is 21.6 Å². The second-order valence-electron chi connectivity index (χ2n) is 3.97. The highest BCUT2D eigenvalue weighted by Gasteiger charge is 2.15. The number of ether oxygens (including phenoxy) is 2. The van der Waals surface area contributed by atoms with Crippen LogP contribution in [0.2, 0.25) is 0 Å². The first-order valence-corrected chi connectivity index (χ1v) is 7.79. The van der Waals surface area contributed by atoms with Crippen molar-refractivity contribution < 1.29 is 19.1 Å². The summed E-state index contributed by atoms with van der Waals surface area (Å²) in [6.45, 7) is 0. The van der Waals surface area contributed by atoms with E-state index in [1.54, 1.807) is 0 Å². The van der Waals surface area contributed by atoms with Gasteiger partial charge in [-0.3, -0.25) is 9.59 Å². The molecule has 0 aliphatic rings. The summed E-state index contributed by atoms with van der Waals surface area (Å²) in [5, 5.41) is 0. The van der Waals surface area contributed by atoms with E-state index in [2.05, 4.69) is 41.3 Å². The van der Waals surface area contributed by atoms with Gasteiger partial charge in [0, 0.05) is 0 Å². The molecule has 0 N–H and O–H groups in total. The number of rotatable bonds is 9. The molecule has 0 aliphatic heterocycles. The number of methoxy groups -OCH3 is 2. The second-order valence-corrected chi connectivity index (χ2v) is 6.18. The summed E-state index contributed by atoms with van der Waals surface area (Å²) in [6.07, 6.45) is 5.58. The van der Waals surface area contributed by atoms with Gasteiger partial charge in [0.2, 0.25) is 0 Å². The van der Waals surface area contributed by atoms with Gasteiger partial charge in [0.05, 0.1) is 14.2 Å². The van der Waals surface area contributed by atoms with Crippen molar-refractivity contribution in [1.29, 1.82) is 0 Å². The molecule has 0 spiro atoms. The Labute approximate surface area is 125 Å². The molecule has 0 radical (unpaired) electrons. The Bertz CT molecular complexity index is 232. The van der Waals surface area contributed by atoms with Crippen LogP contribution in [0.1, 0.15) is 38.5 Å². The van der Waals surface area contributed by atoms with Crippen molar-refractivity contribution in [3.63, 3.8) is 0 Å². The molecule has 0 amide bonds. The number of esters is 2. The maximum Gasteiger partial charge on any atom is 0.319 e.